The van der Waals surface area contributed by atoms with Crippen LogP contribution in [0.25, 0.3) is 0 Å². The Hall–Kier alpha value is -0.460. The number of amides is 2. The number of rotatable bonds is 0. The smallest absolute Gasteiger partial charge is 0.308 e. The minimum absolute atomic E-state index is 0.0100. The first kappa shape index (κ1) is 7.64. The molecule has 1 unspecified atom stereocenters. The topological polar surface area (TPSA) is 58.6 Å². The number of nitrogens with one attached hydrogen (secondary N) is 1. The zero-order valence-corrected chi connectivity index (χ0v) is 6.34. The van der Waals surface area contributed by atoms with Crippen molar-refractivity contribution in [1.82, 2.24) is 14.7 Å². The summed E-state index contributed by atoms with van der Waals surface area (Å²) >= 11 is 3.93. The third-order valence-electron chi connectivity index (χ3n) is 1.28. The van der Waals surface area contributed by atoms with Crippen LogP contribution in [-0.2, 0) is 0 Å². The van der Waals surface area contributed by atoms with Crippen LogP contribution in [0.3, 0.4) is 0 Å². The molecule has 0 spiro atoms. The van der Waals surface area contributed by atoms with Gasteiger partial charge in [0.2, 0.25) is 0 Å². The molecule has 10 heavy (non-hydrogen) atoms. The molecule has 0 aromatic rings. The van der Waals surface area contributed by atoms with Crippen LogP contribution >= 0.6 is 12.8 Å². The highest BCUT2D eigenvalue weighted by Crippen LogP contribution is 2.07. The molecule has 1 heterocycles. The number of thiol groups is 1. The van der Waals surface area contributed by atoms with Gasteiger partial charge in [-0.2, -0.15) is 0 Å². The van der Waals surface area contributed by atoms with E-state index >= 15 is 0 Å². The summed E-state index contributed by atoms with van der Waals surface area (Å²) in [6.07, 6.45) is -0.180. The number of nitrogens with zero attached hydrogens (tertiary/aromatic N) is 2. The molecule has 0 aromatic heterocycles. The third kappa shape index (κ3) is 1.34. The number of urea groups is 1. The molecule has 58 valence electrons. The van der Waals surface area contributed by atoms with Gasteiger partial charge in [0.25, 0.3) is 0 Å². The third-order valence-corrected chi connectivity index (χ3v) is 1.75. The van der Waals surface area contributed by atoms with E-state index in [-0.39, 0.29) is 12.8 Å². The lowest BCUT2D eigenvalue weighted by Crippen LogP contribution is -2.56. The van der Waals surface area contributed by atoms with Gasteiger partial charge >= 0.3 is 6.03 Å². The molecule has 0 saturated carbocycles. The Kier molecular flexibility index (Phi) is 2.02. The fraction of sp³-hybridized carbons (Fsp3) is 0.750. The summed E-state index contributed by atoms with van der Waals surface area (Å²) in [4.78, 5) is 10.6. The van der Waals surface area contributed by atoms with Crippen molar-refractivity contribution in [2.75, 3.05) is 6.67 Å². The van der Waals surface area contributed by atoms with Crippen LogP contribution in [0, 0.1) is 5.21 Å². The maximum Gasteiger partial charge on any atom is 0.308 e. The fourth-order valence-corrected chi connectivity index (χ4v) is 0.816. The van der Waals surface area contributed by atoms with Gasteiger partial charge in [-0.05, 0) is 6.92 Å². The minimum atomic E-state index is -0.599. The van der Waals surface area contributed by atoms with E-state index in [1.165, 1.54) is 4.31 Å². The Labute approximate surface area is 64.1 Å². The van der Waals surface area contributed by atoms with Crippen LogP contribution in [-0.4, -0.2) is 28.2 Å². The highest BCUT2D eigenvalue weighted by molar-refractivity contribution is 7.77. The largest absolute Gasteiger partial charge is 0.754 e. The van der Waals surface area contributed by atoms with Gasteiger partial charge in [-0.25, -0.2) is 9.10 Å². The van der Waals surface area contributed by atoms with E-state index in [1.54, 1.807) is 6.92 Å². The Morgan fingerprint density at radius 2 is 2.50 bits per heavy atom. The van der Waals surface area contributed by atoms with Crippen LogP contribution in [0.4, 0.5) is 4.79 Å². The second-order valence-electron chi connectivity index (χ2n) is 2.08. The van der Waals surface area contributed by atoms with Crippen molar-refractivity contribution in [3.8, 4) is 0 Å². The van der Waals surface area contributed by atoms with Crippen molar-refractivity contribution in [2.45, 2.75) is 13.1 Å². The molecule has 0 aromatic carbocycles. The number of hydrogen-bond acceptors (Lipinski definition) is 4. The molecule has 0 bridgehead atoms. The SMILES string of the molecule is CC1NC(=O)N([O-])CN1S. The van der Waals surface area contributed by atoms with Crippen LogP contribution in [0.5, 0.6) is 0 Å². The Balaban J connectivity index is 2.54. The first-order chi connectivity index (χ1) is 4.61. The van der Waals surface area contributed by atoms with E-state index in [2.05, 4.69) is 18.1 Å². The normalized spacial score (nSPS) is 28.5. The summed E-state index contributed by atoms with van der Waals surface area (Å²) in [6, 6.07) is -0.599. The van der Waals surface area contributed by atoms with Crippen molar-refractivity contribution in [1.29, 1.82) is 0 Å². The second kappa shape index (κ2) is 2.65. The molecule has 6 heteroatoms. The van der Waals surface area contributed by atoms with Crippen molar-refractivity contribution < 1.29 is 4.79 Å². The predicted octanol–water partition coefficient (Wildman–Crippen LogP) is -0.0403. The number of carbonyl (C=O) groups is 1. The van der Waals surface area contributed by atoms with Gasteiger partial charge in [0.15, 0.2) is 0 Å². The molecule has 1 aliphatic rings. The molecular formula is C4H8N3O2S-. The average Bonchev–Trinajstić information content (AvgIpc) is 1.84. The van der Waals surface area contributed by atoms with E-state index in [9.17, 15) is 10.0 Å². The summed E-state index contributed by atoms with van der Waals surface area (Å²) in [6.45, 7) is 1.76. The summed E-state index contributed by atoms with van der Waals surface area (Å²) in [5, 5.41) is 13.3. The Morgan fingerprint density at radius 3 is 3.00 bits per heavy atom. The number of carbonyl (C=O) groups excluding carboxylic acids is 1. The van der Waals surface area contributed by atoms with Crippen LogP contribution in [0.1, 0.15) is 6.92 Å². The van der Waals surface area contributed by atoms with E-state index in [1.807, 2.05) is 0 Å². The van der Waals surface area contributed by atoms with Crippen molar-refractivity contribution >= 4 is 18.8 Å². The van der Waals surface area contributed by atoms with E-state index in [4.69, 9.17) is 0 Å². The van der Waals surface area contributed by atoms with Gasteiger partial charge in [0, 0.05) is 0 Å². The van der Waals surface area contributed by atoms with Crippen molar-refractivity contribution in [3.63, 3.8) is 0 Å². The van der Waals surface area contributed by atoms with E-state index in [0.29, 0.717) is 5.06 Å². The van der Waals surface area contributed by atoms with Gasteiger partial charge in [-0.1, -0.05) is 12.8 Å². The van der Waals surface area contributed by atoms with E-state index in [0.717, 1.165) is 0 Å². The lowest BCUT2D eigenvalue weighted by Gasteiger charge is -2.40. The number of hydrogen-bond donors (Lipinski definition) is 2. The Bertz CT molecular complexity index is 153. The quantitative estimate of drug-likeness (QED) is 0.491. The van der Waals surface area contributed by atoms with Crippen molar-refractivity contribution in [3.05, 3.63) is 5.21 Å². The van der Waals surface area contributed by atoms with Gasteiger partial charge in [-0.3, -0.25) is 0 Å². The lowest BCUT2D eigenvalue weighted by molar-refractivity contribution is 0.151. The highest BCUT2D eigenvalue weighted by Gasteiger charge is 2.20. The lowest BCUT2D eigenvalue weighted by atomic mass is 10.5. The molecular weight excluding hydrogens is 154 g/mol. The molecule has 0 radical (unpaired) electrons. The Morgan fingerprint density at radius 1 is 1.90 bits per heavy atom. The van der Waals surface area contributed by atoms with Crippen LogP contribution < -0.4 is 5.32 Å². The zero-order valence-electron chi connectivity index (χ0n) is 5.44. The van der Waals surface area contributed by atoms with Gasteiger partial charge < -0.3 is 15.6 Å². The zero-order chi connectivity index (χ0) is 7.72. The predicted molar refractivity (Wildman–Crippen MR) is 38.9 cm³/mol. The summed E-state index contributed by atoms with van der Waals surface area (Å²) in [5.41, 5.74) is 0. The van der Waals surface area contributed by atoms with Gasteiger partial charge in [0.05, 0.1) is 12.8 Å². The fourth-order valence-electron chi connectivity index (χ4n) is 0.644. The van der Waals surface area contributed by atoms with Crippen LogP contribution in [0.2, 0.25) is 0 Å². The maximum atomic E-state index is 10.6. The molecule has 1 atom stereocenters. The van der Waals surface area contributed by atoms with Crippen LogP contribution in [0.15, 0.2) is 0 Å². The molecule has 2 amide bonds. The van der Waals surface area contributed by atoms with Gasteiger partial charge in [0.1, 0.15) is 0 Å². The molecule has 1 rings (SSSR count). The average molecular weight is 162 g/mol. The standard InChI is InChI=1S/C4H8N3O2S/c1-3-5-4(8)6(9)2-7(3)10/h3,10H,2H2,1H3,(H,5,8)/q-1. The summed E-state index contributed by atoms with van der Waals surface area (Å²) < 4.78 is 1.44. The van der Waals surface area contributed by atoms with E-state index < -0.39 is 6.03 Å². The highest BCUT2D eigenvalue weighted by atomic mass is 32.1. The second-order valence-corrected chi connectivity index (χ2v) is 2.60. The molecule has 1 aliphatic heterocycles. The first-order valence-corrected chi connectivity index (χ1v) is 3.22. The molecule has 1 saturated heterocycles. The molecule has 1 fully saturated rings. The monoisotopic (exact) mass is 162 g/mol. The number of hydroxylamine groups is 2. The summed E-state index contributed by atoms with van der Waals surface area (Å²) in [5.74, 6) is 0. The molecule has 1 N–H and O–H groups in total. The maximum absolute atomic E-state index is 10.6. The first-order valence-electron chi connectivity index (χ1n) is 2.82. The van der Waals surface area contributed by atoms with Gasteiger partial charge in [-0.15, -0.1) is 0 Å². The molecule has 0 aliphatic carbocycles. The van der Waals surface area contributed by atoms with Crippen molar-refractivity contribution in [2.24, 2.45) is 0 Å². The molecule has 5 nitrogen and oxygen atoms in total. The minimum Gasteiger partial charge on any atom is -0.754 e. The summed E-state index contributed by atoms with van der Waals surface area (Å²) in [7, 11) is 0.